The van der Waals surface area contributed by atoms with E-state index in [9.17, 15) is 14.7 Å². The van der Waals surface area contributed by atoms with Crippen molar-refractivity contribution in [2.45, 2.75) is 63.5 Å². The molecule has 3 unspecified atom stereocenters. The van der Waals surface area contributed by atoms with Crippen molar-refractivity contribution in [3.05, 3.63) is 34.4 Å². The Morgan fingerprint density at radius 3 is 2.68 bits per heavy atom. The Balaban J connectivity index is 1.37. The minimum Gasteiger partial charge on any atom is -0.481 e. The molecule has 2 saturated carbocycles. The van der Waals surface area contributed by atoms with Crippen LogP contribution in [0.1, 0.15) is 56.9 Å². The van der Waals surface area contributed by atoms with Crippen molar-refractivity contribution in [2.24, 2.45) is 11.3 Å². The molecule has 3 atom stereocenters. The van der Waals surface area contributed by atoms with Crippen LogP contribution < -0.4 is 0 Å². The number of halogens is 1. The molecule has 1 amide bonds. The molecule has 6 heteroatoms. The highest BCUT2D eigenvalue weighted by atomic mass is 79.9. The number of hydrogen-bond acceptors (Lipinski definition) is 2. The summed E-state index contributed by atoms with van der Waals surface area (Å²) < 4.78 is 1.04. The number of carbonyl (C=O) groups excluding carboxylic acids is 1. The molecule has 2 aliphatic heterocycles. The molecule has 28 heavy (non-hydrogen) atoms. The normalized spacial score (nSPS) is 32.1. The van der Waals surface area contributed by atoms with Crippen LogP contribution in [0, 0.1) is 11.3 Å². The van der Waals surface area contributed by atoms with Crippen molar-refractivity contribution in [1.29, 1.82) is 0 Å². The van der Waals surface area contributed by atoms with Gasteiger partial charge in [-0.15, -0.1) is 0 Å². The van der Waals surface area contributed by atoms with E-state index < -0.39 is 11.4 Å². The summed E-state index contributed by atoms with van der Waals surface area (Å²) in [6.45, 7) is 2.11. The number of amides is 1. The number of fused-ring (bicyclic) bond motifs is 1. The largest absolute Gasteiger partial charge is 0.481 e. The van der Waals surface area contributed by atoms with E-state index in [4.69, 9.17) is 0 Å². The second-order valence-electron chi connectivity index (χ2n) is 9.16. The molecule has 6 rings (SSSR count). The maximum absolute atomic E-state index is 13.3. The molecule has 5 nitrogen and oxygen atoms in total. The number of carboxylic acid groups (broad SMARTS) is 1. The van der Waals surface area contributed by atoms with E-state index in [0.717, 1.165) is 40.2 Å². The number of rotatable bonds is 4. The van der Waals surface area contributed by atoms with Crippen molar-refractivity contribution < 1.29 is 14.7 Å². The van der Waals surface area contributed by atoms with Crippen molar-refractivity contribution in [3.63, 3.8) is 0 Å². The lowest BCUT2D eigenvalue weighted by Crippen LogP contribution is -2.65. The van der Waals surface area contributed by atoms with E-state index in [1.165, 1.54) is 0 Å². The molecule has 4 fully saturated rings. The van der Waals surface area contributed by atoms with Crippen LogP contribution in [-0.2, 0) is 9.59 Å². The molecule has 2 aliphatic carbocycles. The van der Waals surface area contributed by atoms with Gasteiger partial charge in [0.25, 0.3) is 0 Å². The third-order valence-corrected chi connectivity index (χ3v) is 8.03. The number of H-pyrrole nitrogens is 1. The van der Waals surface area contributed by atoms with Crippen LogP contribution >= 0.6 is 15.9 Å². The summed E-state index contributed by atoms with van der Waals surface area (Å²) in [5, 5.41) is 10.9. The molecular formula is C22H25BrN2O3. The average Bonchev–Trinajstić information content (AvgIpc) is 3.06. The molecule has 0 radical (unpaired) electrons. The highest BCUT2D eigenvalue weighted by Gasteiger charge is 2.58. The Kier molecular flexibility index (Phi) is 4.13. The summed E-state index contributed by atoms with van der Waals surface area (Å²) in [6, 6.07) is 6.29. The van der Waals surface area contributed by atoms with Gasteiger partial charge in [0.2, 0.25) is 5.91 Å². The van der Waals surface area contributed by atoms with E-state index in [0.29, 0.717) is 25.2 Å². The summed E-state index contributed by atoms with van der Waals surface area (Å²) in [5.74, 6) is 0.101. The molecule has 3 heterocycles. The molecule has 1 aromatic carbocycles. The maximum Gasteiger partial charge on any atom is 0.309 e. The lowest BCUT2D eigenvalue weighted by molar-refractivity contribution is -0.178. The van der Waals surface area contributed by atoms with E-state index in [1.54, 1.807) is 0 Å². The van der Waals surface area contributed by atoms with Crippen molar-refractivity contribution in [2.75, 3.05) is 0 Å². The highest BCUT2D eigenvalue weighted by Crippen LogP contribution is 2.56. The Morgan fingerprint density at radius 2 is 2.00 bits per heavy atom. The molecule has 2 aromatic rings. The Bertz CT molecular complexity index is 952. The quantitative estimate of drug-likeness (QED) is 0.719. The van der Waals surface area contributed by atoms with Gasteiger partial charge in [0.15, 0.2) is 0 Å². The van der Waals surface area contributed by atoms with Gasteiger partial charge in [-0.2, -0.15) is 0 Å². The van der Waals surface area contributed by atoms with Gasteiger partial charge >= 0.3 is 5.97 Å². The number of aromatic amines is 1. The van der Waals surface area contributed by atoms with Crippen LogP contribution in [0.4, 0.5) is 0 Å². The zero-order chi connectivity index (χ0) is 19.6. The van der Waals surface area contributed by atoms with Gasteiger partial charge in [-0.25, -0.2) is 0 Å². The van der Waals surface area contributed by atoms with Crippen LogP contribution in [-0.4, -0.2) is 39.0 Å². The van der Waals surface area contributed by atoms with Crippen LogP contribution in [0.25, 0.3) is 10.9 Å². The Morgan fingerprint density at radius 1 is 1.29 bits per heavy atom. The summed E-state index contributed by atoms with van der Waals surface area (Å²) in [5.41, 5.74) is 1.64. The van der Waals surface area contributed by atoms with Crippen molar-refractivity contribution in [1.82, 2.24) is 9.88 Å². The van der Waals surface area contributed by atoms with E-state index in [1.807, 2.05) is 24.4 Å². The van der Waals surface area contributed by atoms with Crippen LogP contribution in [0.15, 0.2) is 28.9 Å². The maximum atomic E-state index is 13.3. The first-order valence-corrected chi connectivity index (χ1v) is 11.0. The highest BCUT2D eigenvalue weighted by molar-refractivity contribution is 9.10. The van der Waals surface area contributed by atoms with E-state index in [-0.39, 0.29) is 23.9 Å². The summed E-state index contributed by atoms with van der Waals surface area (Å²) in [7, 11) is 0. The fraction of sp³-hybridized carbons (Fsp3) is 0.545. The van der Waals surface area contributed by atoms with E-state index >= 15 is 0 Å². The van der Waals surface area contributed by atoms with Crippen LogP contribution in [0.2, 0.25) is 0 Å². The fourth-order valence-electron chi connectivity index (χ4n) is 6.33. The smallest absolute Gasteiger partial charge is 0.309 e. The van der Waals surface area contributed by atoms with Gasteiger partial charge < -0.3 is 15.0 Å². The topological polar surface area (TPSA) is 73.4 Å². The molecule has 4 bridgehead atoms. The van der Waals surface area contributed by atoms with Gasteiger partial charge in [0, 0.05) is 40.1 Å². The minimum absolute atomic E-state index is 0.102. The van der Waals surface area contributed by atoms with Crippen LogP contribution in [0.3, 0.4) is 0 Å². The first kappa shape index (κ1) is 18.2. The first-order chi connectivity index (χ1) is 13.4. The van der Waals surface area contributed by atoms with Crippen LogP contribution in [0.5, 0.6) is 0 Å². The van der Waals surface area contributed by atoms with Gasteiger partial charge in [0.05, 0.1) is 5.41 Å². The Labute approximate surface area is 172 Å². The van der Waals surface area contributed by atoms with Gasteiger partial charge in [0.1, 0.15) is 0 Å². The number of aromatic nitrogens is 1. The monoisotopic (exact) mass is 444 g/mol. The number of carboxylic acids is 1. The lowest BCUT2D eigenvalue weighted by Gasteiger charge is -2.60. The van der Waals surface area contributed by atoms with Gasteiger partial charge in [-0.1, -0.05) is 28.9 Å². The number of aliphatic carboxylic acids is 1. The number of nitrogens with zero attached hydrogens (tertiary/aromatic N) is 1. The molecule has 2 N–H and O–H groups in total. The number of piperidine rings is 2. The average molecular weight is 445 g/mol. The molecule has 148 valence electrons. The second-order valence-corrected chi connectivity index (χ2v) is 10.0. The SMILES string of the molecule is CC(CC(=O)N1C2CC3CC1CC(C(=O)O)(C3)C2)c1c[nH]c2cccc(Br)c12. The third kappa shape index (κ3) is 2.64. The Hall–Kier alpha value is -1.82. The third-order valence-electron chi connectivity index (χ3n) is 7.37. The summed E-state index contributed by atoms with van der Waals surface area (Å²) >= 11 is 3.64. The number of benzene rings is 1. The minimum atomic E-state index is -0.656. The standard InChI is InChI=1S/C22H25BrN2O3/c1-12(16-11-24-18-4-2-3-17(23)20(16)18)5-19(26)25-14-6-13-7-15(25)10-22(8-13,9-14)21(27)28/h2-4,11-15,24H,5-10H2,1H3,(H,27,28). The van der Waals surface area contributed by atoms with Crippen molar-refractivity contribution >= 4 is 38.7 Å². The first-order valence-electron chi connectivity index (χ1n) is 10.2. The zero-order valence-corrected chi connectivity index (χ0v) is 17.5. The van der Waals surface area contributed by atoms with Gasteiger partial charge in [-0.05, 0) is 61.6 Å². The number of carbonyl (C=O) groups is 2. The zero-order valence-electron chi connectivity index (χ0n) is 16.0. The van der Waals surface area contributed by atoms with Gasteiger partial charge in [-0.3, -0.25) is 9.59 Å². The number of nitrogens with one attached hydrogen (secondary N) is 1. The fourth-order valence-corrected chi connectivity index (χ4v) is 6.92. The van der Waals surface area contributed by atoms with Crippen molar-refractivity contribution in [3.8, 4) is 0 Å². The summed E-state index contributed by atoms with van der Waals surface area (Å²) in [4.78, 5) is 30.6. The molecule has 4 aliphatic rings. The molecular weight excluding hydrogens is 420 g/mol. The van der Waals surface area contributed by atoms with E-state index in [2.05, 4.69) is 32.7 Å². The molecule has 1 aromatic heterocycles. The molecule has 0 spiro atoms. The molecule has 2 saturated heterocycles. The predicted molar refractivity (Wildman–Crippen MR) is 110 cm³/mol. The predicted octanol–water partition coefficient (Wildman–Crippen LogP) is 4.67. The lowest BCUT2D eigenvalue weighted by atomic mass is 9.55. The number of hydrogen-bond donors (Lipinski definition) is 2. The second kappa shape index (κ2) is 6.34. The summed E-state index contributed by atoms with van der Waals surface area (Å²) in [6.07, 6.45) is 6.50.